The van der Waals surface area contributed by atoms with Crippen molar-refractivity contribution in [2.75, 3.05) is 0 Å². The molecule has 0 atom stereocenters. The van der Waals surface area contributed by atoms with Gasteiger partial charge in [-0.2, -0.15) is 0 Å². The molecule has 0 N–H and O–H groups in total. The van der Waals surface area contributed by atoms with Gasteiger partial charge in [0.15, 0.2) is 0 Å². The summed E-state index contributed by atoms with van der Waals surface area (Å²) in [7, 11) is 0. The van der Waals surface area contributed by atoms with Crippen molar-refractivity contribution in [1.82, 2.24) is 9.97 Å². The molecule has 0 radical (unpaired) electrons. The number of nitrogens with zero attached hydrogens (tertiary/aromatic N) is 3. The van der Waals surface area contributed by atoms with Crippen LogP contribution in [0.5, 0.6) is 0 Å². The van der Waals surface area contributed by atoms with E-state index >= 15 is 0 Å². The molecule has 4 heteroatoms. The van der Waals surface area contributed by atoms with Gasteiger partial charge < -0.3 is 5.32 Å². The summed E-state index contributed by atoms with van der Waals surface area (Å²) in [5.41, 5.74) is 9.57. The van der Waals surface area contributed by atoms with E-state index in [0.717, 1.165) is 56.3 Å². The van der Waals surface area contributed by atoms with E-state index in [1.54, 1.807) is 0 Å². The Kier molecular flexibility index (Phi) is 7.87. The molecule has 6 rings (SSSR count). The number of aromatic nitrogens is 2. The molecule has 0 spiro atoms. The summed E-state index contributed by atoms with van der Waals surface area (Å²) in [6.45, 7) is 0. The molecule has 0 unspecified atom stereocenters. The minimum atomic E-state index is 0. The molecule has 4 aromatic carbocycles. The van der Waals surface area contributed by atoms with Gasteiger partial charge in [0.05, 0.1) is 11.4 Å². The minimum absolute atomic E-state index is 0. The number of pyridine rings is 2. The van der Waals surface area contributed by atoms with E-state index in [0.29, 0.717) is 0 Å². The molecule has 184 valence electrons. The van der Waals surface area contributed by atoms with E-state index < -0.39 is 0 Å². The molecule has 0 fully saturated rings. The van der Waals surface area contributed by atoms with Gasteiger partial charge in [0.2, 0.25) is 0 Å². The maximum absolute atomic E-state index is 5.11. The molecule has 0 bridgehead atoms. The van der Waals surface area contributed by atoms with Crippen LogP contribution in [-0.2, 0) is 21.1 Å². The Labute approximate surface area is 237 Å². The van der Waals surface area contributed by atoms with Crippen molar-refractivity contribution in [3.05, 3.63) is 151 Å². The fraction of sp³-hybridized carbons (Fsp3) is 0. The van der Waals surface area contributed by atoms with Crippen LogP contribution >= 0.6 is 0 Å². The molecule has 0 saturated carbocycles. The smallest absolute Gasteiger partial charge is 0.657 e. The zero-order valence-corrected chi connectivity index (χ0v) is 22.7. The van der Waals surface area contributed by atoms with Crippen LogP contribution in [0.2, 0.25) is 0 Å². The normalized spacial score (nSPS) is 10.4. The Bertz CT molecular complexity index is 1530. The molecule has 38 heavy (non-hydrogen) atoms. The van der Waals surface area contributed by atoms with Gasteiger partial charge in [-0.15, -0.1) is 47.3 Å². The number of rotatable bonds is 6. The van der Waals surface area contributed by atoms with Crippen LogP contribution in [0.1, 0.15) is 0 Å². The SMILES string of the molecule is [Pt+2].[c-]1ccccc1-c1cccc(-c2ccccc2[N-]c2ccccc2-c2cc(-c3ccccc3)ccn2)n1. The van der Waals surface area contributed by atoms with Gasteiger partial charge in [0.1, 0.15) is 0 Å². The zero-order chi connectivity index (χ0) is 24.9. The average Bonchev–Trinajstić information content (AvgIpc) is 2.99. The summed E-state index contributed by atoms with van der Waals surface area (Å²) in [4.78, 5) is 9.63. The van der Waals surface area contributed by atoms with Crippen molar-refractivity contribution < 1.29 is 21.1 Å². The fourth-order valence-electron chi connectivity index (χ4n) is 4.38. The third-order valence-corrected chi connectivity index (χ3v) is 6.20. The Morgan fingerprint density at radius 3 is 1.92 bits per heavy atom. The van der Waals surface area contributed by atoms with Crippen molar-refractivity contribution >= 4 is 11.4 Å². The summed E-state index contributed by atoms with van der Waals surface area (Å²) < 4.78 is 0. The second-order valence-electron chi connectivity index (χ2n) is 8.63. The van der Waals surface area contributed by atoms with Crippen molar-refractivity contribution in [2.45, 2.75) is 0 Å². The Balaban J connectivity index is 0.00000294. The zero-order valence-electron chi connectivity index (χ0n) is 20.4. The third kappa shape index (κ3) is 5.49. The Morgan fingerprint density at radius 1 is 0.526 bits per heavy atom. The first-order valence-corrected chi connectivity index (χ1v) is 12.2. The molecular weight excluding hydrogens is 645 g/mol. The molecule has 3 nitrogen and oxygen atoms in total. The van der Waals surface area contributed by atoms with Crippen LogP contribution in [0.4, 0.5) is 11.4 Å². The predicted molar refractivity (Wildman–Crippen MR) is 152 cm³/mol. The minimum Gasteiger partial charge on any atom is -0.657 e. The van der Waals surface area contributed by atoms with Gasteiger partial charge >= 0.3 is 21.1 Å². The number of para-hydroxylation sites is 2. The molecule has 0 saturated heterocycles. The van der Waals surface area contributed by atoms with Crippen LogP contribution in [0.15, 0.2) is 140 Å². The van der Waals surface area contributed by atoms with E-state index in [1.165, 1.54) is 0 Å². The molecule has 0 amide bonds. The number of benzene rings is 4. The van der Waals surface area contributed by atoms with Crippen molar-refractivity contribution in [3.63, 3.8) is 0 Å². The molecule has 2 aromatic heterocycles. The van der Waals surface area contributed by atoms with Gasteiger partial charge in [0.25, 0.3) is 0 Å². The van der Waals surface area contributed by atoms with E-state index in [2.05, 4.69) is 53.5 Å². The molecular formula is C34H23N3Pt. The van der Waals surface area contributed by atoms with E-state index in [9.17, 15) is 0 Å². The molecule has 2 heterocycles. The topological polar surface area (TPSA) is 39.9 Å². The van der Waals surface area contributed by atoms with Gasteiger partial charge in [-0.25, -0.2) is 0 Å². The molecule has 0 aliphatic rings. The van der Waals surface area contributed by atoms with Crippen LogP contribution in [0, 0.1) is 6.07 Å². The van der Waals surface area contributed by atoms with Gasteiger partial charge in [-0.05, 0) is 46.1 Å². The molecule has 0 aliphatic carbocycles. The Morgan fingerprint density at radius 2 is 1.18 bits per heavy atom. The number of hydrogen-bond donors (Lipinski definition) is 0. The average molecular weight is 669 g/mol. The standard InChI is InChI=1S/C34H23N3.Pt/c1-3-12-25(13-4-1)27-22-23-35-34(24-27)29-17-8-10-19-32(29)37-31-18-9-7-16-28(31)33-21-11-20-30(36-33)26-14-5-2-6-15-26;/h1-14,16-24H;/q-2;+2. The largest absolute Gasteiger partial charge is 2.00 e. The first-order valence-electron chi connectivity index (χ1n) is 12.2. The van der Waals surface area contributed by atoms with Crippen LogP contribution in [-0.4, -0.2) is 9.97 Å². The van der Waals surface area contributed by atoms with E-state index in [1.807, 2.05) is 97.2 Å². The summed E-state index contributed by atoms with van der Waals surface area (Å²) >= 11 is 0. The van der Waals surface area contributed by atoms with Gasteiger partial charge in [-0.3, -0.25) is 9.97 Å². The summed E-state index contributed by atoms with van der Waals surface area (Å²) in [5.74, 6) is 0. The van der Waals surface area contributed by atoms with E-state index in [4.69, 9.17) is 10.3 Å². The summed E-state index contributed by atoms with van der Waals surface area (Å²) in [5, 5.41) is 5.11. The van der Waals surface area contributed by atoms with Crippen molar-refractivity contribution in [3.8, 4) is 44.9 Å². The van der Waals surface area contributed by atoms with Crippen molar-refractivity contribution in [1.29, 1.82) is 0 Å². The second kappa shape index (κ2) is 11.8. The first-order chi connectivity index (χ1) is 18.3. The van der Waals surface area contributed by atoms with Crippen LogP contribution in [0.3, 0.4) is 0 Å². The third-order valence-electron chi connectivity index (χ3n) is 6.20. The molecule has 6 aromatic rings. The van der Waals surface area contributed by atoms with Crippen LogP contribution < -0.4 is 0 Å². The number of hydrogen-bond acceptors (Lipinski definition) is 2. The van der Waals surface area contributed by atoms with Gasteiger partial charge in [-0.1, -0.05) is 91.0 Å². The molecule has 0 aliphatic heterocycles. The van der Waals surface area contributed by atoms with Gasteiger partial charge in [0, 0.05) is 6.20 Å². The summed E-state index contributed by atoms with van der Waals surface area (Å²) in [6.07, 6.45) is 1.86. The summed E-state index contributed by atoms with van der Waals surface area (Å²) in [6, 6.07) is 48.0. The maximum atomic E-state index is 5.11. The van der Waals surface area contributed by atoms with Crippen LogP contribution in [0.25, 0.3) is 50.2 Å². The van der Waals surface area contributed by atoms with E-state index in [-0.39, 0.29) is 21.1 Å². The maximum Gasteiger partial charge on any atom is 2.00 e. The Hall–Kier alpha value is -4.33. The quantitative estimate of drug-likeness (QED) is 0.166. The monoisotopic (exact) mass is 668 g/mol. The second-order valence-corrected chi connectivity index (χ2v) is 8.63. The van der Waals surface area contributed by atoms with Crippen molar-refractivity contribution in [2.24, 2.45) is 0 Å². The fourth-order valence-corrected chi connectivity index (χ4v) is 4.38. The predicted octanol–water partition coefficient (Wildman–Crippen LogP) is 9.28. The first kappa shape index (κ1) is 25.3.